The van der Waals surface area contributed by atoms with E-state index in [4.69, 9.17) is 4.74 Å². The smallest absolute Gasteiger partial charge is 0.241 e. The third-order valence-electron chi connectivity index (χ3n) is 4.35. The molecule has 1 unspecified atom stereocenters. The predicted molar refractivity (Wildman–Crippen MR) is 118 cm³/mol. The maximum Gasteiger partial charge on any atom is 0.241 e. The summed E-state index contributed by atoms with van der Waals surface area (Å²) in [6, 6.07) is 14.9. The molecule has 0 spiro atoms. The van der Waals surface area contributed by atoms with Gasteiger partial charge in [-0.05, 0) is 49.6 Å². The SMILES string of the molecule is CSCCC(NS(=O)(=O)c1ccccc1)C(=O)N(C)CCOc1ccc(C)cc1. The predicted octanol–water partition coefficient (Wildman–Crippen LogP) is 2.93. The number of likely N-dealkylation sites (N-methyl/N-ethyl adjacent to an activating group) is 1. The summed E-state index contributed by atoms with van der Waals surface area (Å²) in [5.74, 6) is 1.13. The highest BCUT2D eigenvalue weighted by molar-refractivity contribution is 7.98. The zero-order valence-corrected chi connectivity index (χ0v) is 18.6. The van der Waals surface area contributed by atoms with Gasteiger partial charge in [0.05, 0.1) is 11.4 Å². The number of ether oxygens (including phenoxy) is 1. The van der Waals surface area contributed by atoms with Gasteiger partial charge in [-0.15, -0.1) is 0 Å². The fraction of sp³-hybridized carbons (Fsp3) is 0.381. The van der Waals surface area contributed by atoms with Gasteiger partial charge in [0.15, 0.2) is 0 Å². The summed E-state index contributed by atoms with van der Waals surface area (Å²) in [7, 11) is -2.12. The molecular formula is C21H28N2O4S2. The van der Waals surface area contributed by atoms with Crippen LogP contribution in [0.15, 0.2) is 59.5 Å². The first-order valence-corrected chi connectivity index (χ1v) is 12.2. The Bertz CT molecular complexity index is 871. The first-order valence-electron chi connectivity index (χ1n) is 9.34. The topological polar surface area (TPSA) is 75.7 Å². The zero-order chi connectivity index (χ0) is 21.3. The number of hydrogen-bond donors (Lipinski definition) is 1. The van der Waals surface area contributed by atoms with Gasteiger partial charge in [0.2, 0.25) is 15.9 Å². The van der Waals surface area contributed by atoms with Crippen LogP contribution < -0.4 is 9.46 Å². The maximum absolute atomic E-state index is 12.9. The number of amides is 1. The normalized spacial score (nSPS) is 12.4. The molecule has 0 aromatic heterocycles. The third-order valence-corrected chi connectivity index (χ3v) is 6.48. The van der Waals surface area contributed by atoms with Gasteiger partial charge >= 0.3 is 0 Å². The van der Waals surface area contributed by atoms with Gasteiger partial charge < -0.3 is 9.64 Å². The molecule has 0 fully saturated rings. The molecule has 0 heterocycles. The van der Waals surface area contributed by atoms with Crippen molar-refractivity contribution in [1.82, 2.24) is 9.62 Å². The van der Waals surface area contributed by atoms with Gasteiger partial charge in [-0.1, -0.05) is 35.9 Å². The number of hydrogen-bond acceptors (Lipinski definition) is 5. The summed E-state index contributed by atoms with van der Waals surface area (Å²) in [5, 5.41) is 0. The van der Waals surface area contributed by atoms with Crippen molar-refractivity contribution in [3.63, 3.8) is 0 Å². The van der Waals surface area contributed by atoms with Crippen molar-refractivity contribution in [2.45, 2.75) is 24.3 Å². The van der Waals surface area contributed by atoms with Crippen LogP contribution in [-0.2, 0) is 14.8 Å². The summed E-state index contributed by atoms with van der Waals surface area (Å²) in [4.78, 5) is 14.5. The molecule has 0 aliphatic heterocycles. The Morgan fingerprint density at radius 2 is 1.79 bits per heavy atom. The minimum absolute atomic E-state index is 0.146. The van der Waals surface area contributed by atoms with Gasteiger partial charge in [-0.3, -0.25) is 4.79 Å². The molecule has 0 radical (unpaired) electrons. The van der Waals surface area contributed by atoms with Crippen molar-refractivity contribution in [3.8, 4) is 5.75 Å². The molecule has 0 aliphatic carbocycles. The van der Waals surface area contributed by atoms with Gasteiger partial charge in [-0.25, -0.2) is 8.42 Å². The Balaban J connectivity index is 1.98. The summed E-state index contributed by atoms with van der Waals surface area (Å²) in [6.45, 7) is 2.68. The first-order chi connectivity index (χ1) is 13.8. The highest BCUT2D eigenvalue weighted by atomic mass is 32.2. The van der Waals surface area contributed by atoms with E-state index in [9.17, 15) is 13.2 Å². The lowest BCUT2D eigenvalue weighted by atomic mass is 10.2. The number of carbonyl (C=O) groups is 1. The molecule has 2 aromatic carbocycles. The van der Waals surface area contributed by atoms with E-state index in [1.165, 1.54) is 17.0 Å². The minimum Gasteiger partial charge on any atom is -0.492 e. The Hall–Kier alpha value is -2.03. The van der Waals surface area contributed by atoms with Gasteiger partial charge in [0.1, 0.15) is 18.4 Å². The Morgan fingerprint density at radius 1 is 1.14 bits per heavy atom. The quantitative estimate of drug-likeness (QED) is 0.586. The second kappa shape index (κ2) is 11.2. The molecule has 1 atom stereocenters. The third kappa shape index (κ3) is 7.38. The number of nitrogens with zero attached hydrogens (tertiary/aromatic N) is 1. The molecule has 0 aliphatic rings. The van der Waals surface area contributed by atoms with Gasteiger partial charge in [-0.2, -0.15) is 16.5 Å². The van der Waals surface area contributed by atoms with E-state index in [1.807, 2.05) is 37.4 Å². The Kier molecular flexibility index (Phi) is 9.00. The number of nitrogens with one attached hydrogen (secondary N) is 1. The van der Waals surface area contributed by atoms with Crippen LogP contribution in [0, 0.1) is 6.92 Å². The average Bonchev–Trinajstić information content (AvgIpc) is 2.72. The first kappa shape index (κ1) is 23.3. The Morgan fingerprint density at radius 3 is 2.41 bits per heavy atom. The number of sulfonamides is 1. The fourth-order valence-electron chi connectivity index (χ4n) is 2.63. The molecule has 0 saturated heterocycles. The van der Waals surface area contributed by atoms with Crippen molar-refractivity contribution in [2.24, 2.45) is 0 Å². The van der Waals surface area contributed by atoms with Crippen molar-refractivity contribution < 1.29 is 17.9 Å². The van der Waals surface area contributed by atoms with E-state index in [1.54, 1.807) is 37.0 Å². The molecule has 158 valence electrons. The van der Waals surface area contributed by atoms with Crippen molar-refractivity contribution in [2.75, 3.05) is 32.2 Å². The lowest BCUT2D eigenvalue weighted by Gasteiger charge is -2.24. The monoisotopic (exact) mass is 436 g/mol. The number of thioether (sulfide) groups is 1. The van der Waals surface area contributed by atoms with Crippen LogP contribution in [0.2, 0.25) is 0 Å². The lowest BCUT2D eigenvalue weighted by molar-refractivity contribution is -0.132. The van der Waals surface area contributed by atoms with E-state index in [0.717, 1.165) is 11.3 Å². The van der Waals surface area contributed by atoms with Crippen LogP contribution in [0.5, 0.6) is 5.75 Å². The van der Waals surface area contributed by atoms with Crippen LogP contribution in [0.25, 0.3) is 0 Å². The highest BCUT2D eigenvalue weighted by Gasteiger charge is 2.27. The molecule has 0 saturated carbocycles. The standard InChI is InChI=1S/C21H28N2O4S2/c1-17-9-11-18(12-10-17)27-15-14-23(2)21(24)20(13-16-28-3)22-29(25,26)19-7-5-4-6-8-19/h4-12,20,22H,13-16H2,1-3H3. The van der Waals surface area contributed by atoms with Gasteiger partial charge in [0.25, 0.3) is 0 Å². The van der Waals surface area contributed by atoms with Crippen LogP contribution in [0.4, 0.5) is 0 Å². The molecule has 1 N–H and O–H groups in total. The van der Waals surface area contributed by atoms with Crippen LogP contribution in [-0.4, -0.2) is 57.5 Å². The molecule has 2 aromatic rings. The molecule has 29 heavy (non-hydrogen) atoms. The summed E-state index contributed by atoms with van der Waals surface area (Å²) in [6.07, 6.45) is 2.33. The molecule has 1 amide bonds. The van der Waals surface area contributed by atoms with E-state index in [-0.39, 0.29) is 10.8 Å². The van der Waals surface area contributed by atoms with E-state index in [2.05, 4.69) is 4.72 Å². The summed E-state index contributed by atoms with van der Waals surface area (Å²) < 4.78 is 33.5. The molecule has 8 heteroatoms. The molecule has 6 nitrogen and oxygen atoms in total. The van der Waals surface area contributed by atoms with Crippen molar-refractivity contribution in [1.29, 1.82) is 0 Å². The minimum atomic E-state index is -3.77. The van der Waals surface area contributed by atoms with E-state index < -0.39 is 16.1 Å². The Labute approximate surface area is 177 Å². The van der Waals surface area contributed by atoms with Crippen molar-refractivity contribution in [3.05, 3.63) is 60.2 Å². The average molecular weight is 437 g/mol. The molecular weight excluding hydrogens is 408 g/mol. The zero-order valence-electron chi connectivity index (χ0n) is 17.0. The second-order valence-corrected chi connectivity index (χ2v) is 9.39. The second-order valence-electron chi connectivity index (χ2n) is 6.69. The largest absolute Gasteiger partial charge is 0.492 e. The number of benzene rings is 2. The highest BCUT2D eigenvalue weighted by Crippen LogP contribution is 2.13. The van der Waals surface area contributed by atoms with E-state index in [0.29, 0.717) is 25.3 Å². The lowest BCUT2D eigenvalue weighted by Crippen LogP contribution is -2.48. The van der Waals surface area contributed by atoms with Crippen LogP contribution in [0.3, 0.4) is 0 Å². The molecule has 2 rings (SSSR count). The van der Waals surface area contributed by atoms with Crippen LogP contribution in [0.1, 0.15) is 12.0 Å². The van der Waals surface area contributed by atoms with E-state index >= 15 is 0 Å². The number of aryl methyl sites for hydroxylation is 1. The summed E-state index contributed by atoms with van der Waals surface area (Å²) >= 11 is 1.57. The van der Waals surface area contributed by atoms with Crippen LogP contribution >= 0.6 is 11.8 Å². The molecule has 0 bridgehead atoms. The number of rotatable bonds is 11. The summed E-state index contributed by atoms with van der Waals surface area (Å²) in [5.41, 5.74) is 1.15. The number of carbonyl (C=O) groups excluding carboxylic acids is 1. The fourth-order valence-corrected chi connectivity index (χ4v) is 4.35. The maximum atomic E-state index is 12.9. The van der Waals surface area contributed by atoms with Crippen molar-refractivity contribution >= 4 is 27.7 Å². The van der Waals surface area contributed by atoms with Gasteiger partial charge in [0, 0.05) is 7.05 Å².